The van der Waals surface area contributed by atoms with Crippen molar-refractivity contribution in [2.75, 3.05) is 0 Å². The fourth-order valence-corrected chi connectivity index (χ4v) is 6.05. The summed E-state index contributed by atoms with van der Waals surface area (Å²) in [6.07, 6.45) is 4.29. The zero-order chi connectivity index (χ0) is 22.1. The lowest BCUT2D eigenvalue weighted by Crippen LogP contribution is -2.50. The Bertz CT molecular complexity index is 1100. The molecule has 1 aliphatic heterocycles. The number of aryl methyl sites for hydroxylation is 1. The van der Waals surface area contributed by atoms with Gasteiger partial charge in [-0.05, 0) is 48.4 Å². The minimum atomic E-state index is -0.423. The Kier molecular flexibility index (Phi) is 5.83. The van der Waals surface area contributed by atoms with Gasteiger partial charge in [0.15, 0.2) is 0 Å². The third kappa shape index (κ3) is 3.86. The number of carbonyl (C=O) groups is 2. The van der Waals surface area contributed by atoms with E-state index in [1.165, 1.54) is 5.56 Å². The molecule has 2 atom stereocenters. The van der Waals surface area contributed by atoms with Crippen LogP contribution in [0.2, 0.25) is 0 Å². The minimum Gasteiger partial charge on any atom is -0.351 e. The second-order valence-electron chi connectivity index (χ2n) is 8.88. The van der Waals surface area contributed by atoms with Crippen LogP contribution in [0.4, 0.5) is 0 Å². The summed E-state index contributed by atoms with van der Waals surface area (Å²) >= 11 is 1.63. The number of carbonyl (C=O) groups excluding carboxylic acids is 2. The van der Waals surface area contributed by atoms with Gasteiger partial charge in [-0.25, -0.2) is 0 Å². The molecule has 2 amide bonds. The molecule has 1 aromatic heterocycles. The second-order valence-corrected chi connectivity index (χ2v) is 9.86. The van der Waals surface area contributed by atoms with Gasteiger partial charge in [0.25, 0.3) is 5.91 Å². The molecule has 0 bridgehead atoms. The van der Waals surface area contributed by atoms with Gasteiger partial charge in [-0.15, -0.1) is 11.3 Å². The van der Waals surface area contributed by atoms with Crippen LogP contribution >= 0.6 is 11.3 Å². The van der Waals surface area contributed by atoms with Crippen molar-refractivity contribution in [1.82, 2.24) is 10.2 Å². The summed E-state index contributed by atoms with van der Waals surface area (Å²) < 4.78 is 0. The molecule has 5 heteroatoms. The molecule has 3 aromatic rings. The van der Waals surface area contributed by atoms with Crippen molar-refractivity contribution < 1.29 is 9.59 Å². The molecule has 4 nitrogen and oxygen atoms in total. The third-order valence-electron chi connectivity index (χ3n) is 6.80. The van der Waals surface area contributed by atoms with E-state index in [-0.39, 0.29) is 23.9 Å². The number of benzene rings is 2. The Morgan fingerprint density at radius 2 is 1.78 bits per heavy atom. The maximum Gasteiger partial charge on any atom is 0.254 e. The van der Waals surface area contributed by atoms with E-state index in [2.05, 4.69) is 42.6 Å². The molecule has 2 aliphatic rings. The molecule has 2 aromatic carbocycles. The first kappa shape index (κ1) is 21.0. The third-order valence-corrected chi connectivity index (χ3v) is 7.74. The number of rotatable bonds is 5. The van der Waals surface area contributed by atoms with Gasteiger partial charge >= 0.3 is 0 Å². The van der Waals surface area contributed by atoms with Gasteiger partial charge in [0, 0.05) is 23.0 Å². The Hall–Kier alpha value is -2.92. The first-order chi connectivity index (χ1) is 15.6. The van der Waals surface area contributed by atoms with E-state index in [4.69, 9.17) is 0 Å². The molecule has 1 saturated carbocycles. The van der Waals surface area contributed by atoms with Gasteiger partial charge in [-0.2, -0.15) is 0 Å². The molecule has 164 valence electrons. The summed E-state index contributed by atoms with van der Waals surface area (Å²) in [5.74, 6) is -0.381. The van der Waals surface area contributed by atoms with Crippen molar-refractivity contribution in [3.63, 3.8) is 0 Å². The van der Waals surface area contributed by atoms with Gasteiger partial charge < -0.3 is 10.2 Å². The highest BCUT2D eigenvalue weighted by Gasteiger charge is 2.47. The molecule has 1 N–H and O–H groups in total. The fourth-order valence-electron chi connectivity index (χ4n) is 5.19. The zero-order valence-corrected chi connectivity index (χ0v) is 19.1. The Morgan fingerprint density at radius 3 is 2.50 bits per heavy atom. The van der Waals surface area contributed by atoms with Crippen molar-refractivity contribution in [2.24, 2.45) is 0 Å². The number of fused-ring (bicyclic) bond motifs is 1. The molecule has 0 radical (unpaired) electrons. The van der Waals surface area contributed by atoms with Crippen molar-refractivity contribution in [2.45, 2.75) is 57.2 Å². The first-order valence-corrected chi connectivity index (χ1v) is 12.3. The van der Waals surface area contributed by atoms with Gasteiger partial charge in [0.2, 0.25) is 5.91 Å². The van der Waals surface area contributed by atoms with Crippen LogP contribution in [-0.2, 0) is 11.3 Å². The van der Waals surface area contributed by atoms with Gasteiger partial charge in [0.05, 0.1) is 12.0 Å². The summed E-state index contributed by atoms with van der Waals surface area (Å²) in [5, 5.41) is 5.21. The highest BCUT2D eigenvalue weighted by atomic mass is 32.1. The molecule has 0 unspecified atom stereocenters. The van der Waals surface area contributed by atoms with Gasteiger partial charge in [0.1, 0.15) is 0 Å². The SMILES string of the molecule is Cc1ccc(CNC(=O)[C@H]2c3ccccc3C(=O)N(C3CCCC3)[C@H]2c2cccs2)cc1. The van der Waals surface area contributed by atoms with Crippen molar-refractivity contribution in [3.8, 4) is 0 Å². The summed E-state index contributed by atoms with van der Waals surface area (Å²) in [6, 6.07) is 19.9. The van der Waals surface area contributed by atoms with Crippen LogP contribution in [0.25, 0.3) is 0 Å². The zero-order valence-electron chi connectivity index (χ0n) is 18.3. The molecule has 32 heavy (non-hydrogen) atoms. The first-order valence-electron chi connectivity index (χ1n) is 11.4. The number of hydrogen-bond donors (Lipinski definition) is 1. The molecule has 1 fully saturated rings. The van der Waals surface area contributed by atoms with Crippen LogP contribution in [0.15, 0.2) is 66.0 Å². The molecular formula is C27H28N2O2S. The van der Waals surface area contributed by atoms with Crippen LogP contribution in [0.1, 0.15) is 69.6 Å². The van der Waals surface area contributed by atoms with E-state index < -0.39 is 5.92 Å². The Balaban J connectivity index is 1.53. The maximum atomic E-state index is 13.7. The number of thiophene rings is 1. The molecule has 1 aliphatic carbocycles. The lowest BCUT2D eigenvalue weighted by atomic mass is 9.80. The Morgan fingerprint density at radius 1 is 1.03 bits per heavy atom. The van der Waals surface area contributed by atoms with E-state index in [0.717, 1.165) is 41.7 Å². The van der Waals surface area contributed by atoms with Crippen LogP contribution in [0.5, 0.6) is 0 Å². The van der Waals surface area contributed by atoms with E-state index in [0.29, 0.717) is 12.1 Å². The second kappa shape index (κ2) is 8.91. The van der Waals surface area contributed by atoms with Crippen molar-refractivity contribution in [1.29, 1.82) is 0 Å². The summed E-state index contributed by atoms with van der Waals surface area (Å²) in [6.45, 7) is 2.54. The fraction of sp³-hybridized carbons (Fsp3) is 0.333. The number of hydrogen-bond acceptors (Lipinski definition) is 3. The Labute approximate surface area is 193 Å². The van der Waals surface area contributed by atoms with Crippen molar-refractivity contribution in [3.05, 3.63) is 93.2 Å². The largest absolute Gasteiger partial charge is 0.351 e. The van der Waals surface area contributed by atoms with E-state index in [9.17, 15) is 9.59 Å². The molecule has 5 rings (SSSR count). The summed E-state index contributed by atoms with van der Waals surface area (Å²) in [7, 11) is 0. The predicted octanol–water partition coefficient (Wildman–Crippen LogP) is 5.60. The number of amides is 2. The minimum absolute atomic E-state index is 0.0214. The highest BCUT2D eigenvalue weighted by molar-refractivity contribution is 7.10. The quantitative estimate of drug-likeness (QED) is 0.557. The topological polar surface area (TPSA) is 49.4 Å². The van der Waals surface area contributed by atoms with Crippen LogP contribution in [0.3, 0.4) is 0 Å². The van der Waals surface area contributed by atoms with E-state index in [1.807, 2.05) is 40.6 Å². The monoisotopic (exact) mass is 444 g/mol. The van der Waals surface area contributed by atoms with Crippen LogP contribution in [-0.4, -0.2) is 22.8 Å². The average molecular weight is 445 g/mol. The number of nitrogens with one attached hydrogen (secondary N) is 1. The highest BCUT2D eigenvalue weighted by Crippen LogP contribution is 2.47. The van der Waals surface area contributed by atoms with Gasteiger partial charge in [-0.3, -0.25) is 9.59 Å². The molecular weight excluding hydrogens is 416 g/mol. The maximum absolute atomic E-state index is 13.7. The predicted molar refractivity (Wildman–Crippen MR) is 128 cm³/mol. The summed E-state index contributed by atoms with van der Waals surface area (Å²) in [5.41, 5.74) is 3.78. The van der Waals surface area contributed by atoms with E-state index in [1.54, 1.807) is 11.3 Å². The van der Waals surface area contributed by atoms with Crippen LogP contribution in [0, 0.1) is 6.92 Å². The van der Waals surface area contributed by atoms with Crippen molar-refractivity contribution >= 4 is 23.2 Å². The lowest BCUT2D eigenvalue weighted by Gasteiger charge is -2.44. The van der Waals surface area contributed by atoms with Gasteiger partial charge in [-0.1, -0.05) is 66.9 Å². The normalized spacial score (nSPS) is 20.9. The molecule has 2 heterocycles. The standard InChI is InChI=1S/C27H28N2O2S/c1-18-12-14-19(15-13-18)17-28-26(30)24-21-9-4-5-10-22(21)27(31)29(20-7-2-3-8-20)25(24)23-11-6-16-32-23/h4-6,9-16,20,24-25H,2-3,7-8,17H2,1H3,(H,28,30)/t24-,25-/m0/s1. The smallest absolute Gasteiger partial charge is 0.254 e. The van der Waals surface area contributed by atoms with E-state index >= 15 is 0 Å². The lowest BCUT2D eigenvalue weighted by molar-refractivity contribution is -0.124. The summed E-state index contributed by atoms with van der Waals surface area (Å²) in [4.78, 5) is 30.5. The average Bonchev–Trinajstić information content (AvgIpc) is 3.53. The molecule has 0 spiro atoms. The number of nitrogens with zero attached hydrogens (tertiary/aromatic N) is 1. The molecule has 0 saturated heterocycles. The van der Waals surface area contributed by atoms with Crippen LogP contribution < -0.4 is 5.32 Å².